The van der Waals surface area contributed by atoms with E-state index in [1.807, 2.05) is 18.4 Å². The van der Waals surface area contributed by atoms with E-state index in [0.717, 1.165) is 64.5 Å². The topological polar surface area (TPSA) is 60.0 Å². The molecule has 6 nitrogen and oxygen atoms in total. The molecule has 1 aromatic rings. The van der Waals surface area contributed by atoms with Crippen LogP contribution in [-0.4, -0.2) is 74.0 Å². The highest BCUT2D eigenvalue weighted by Gasteiger charge is 2.29. The normalized spacial score (nSPS) is 19.4. The Morgan fingerprint density at radius 3 is 2.53 bits per heavy atom. The fraction of sp³-hybridized carbons (Fsp3) is 0.727. The Balaban J connectivity index is 0.00000320. The summed E-state index contributed by atoms with van der Waals surface area (Å²) in [5.74, 6) is 1.57. The van der Waals surface area contributed by atoms with E-state index in [0.29, 0.717) is 17.9 Å². The number of hydrogen-bond donors (Lipinski definition) is 2. The third-order valence-electron chi connectivity index (χ3n) is 6.02. The number of carbonyl (C=O) groups excluding carboxylic acids is 1. The largest absolute Gasteiger partial charge is 0.355 e. The molecule has 0 spiro atoms. The Morgan fingerprint density at radius 2 is 1.93 bits per heavy atom. The van der Waals surface area contributed by atoms with E-state index < -0.39 is 0 Å². The van der Waals surface area contributed by atoms with Gasteiger partial charge in [0.15, 0.2) is 5.96 Å². The van der Waals surface area contributed by atoms with Crippen molar-refractivity contribution in [1.82, 2.24) is 20.4 Å². The van der Waals surface area contributed by atoms with Crippen LogP contribution in [0.1, 0.15) is 42.4 Å². The van der Waals surface area contributed by atoms with Gasteiger partial charge in [0, 0.05) is 74.5 Å². The summed E-state index contributed by atoms with van der Waals surface area (Å²) in [7, 11) is 1.82. The maximum Gasteiger partial charge on any atom is 0.225 e. The summed E-state index contributed by atoms with van der Waals surface area (Å²) in [5.41, 5.74) is 0. The standard InChI is InChI=1S/C22H37N5OS.HI/c1-17(16-20-9-8-18(2)29-20)25-22(23-3)24-10-11-26-12-14-27(15-13-26)21(28)19-6-4-5-7-19;/h8-9,17,19H,4-7,10-16H2,1-3H3,(H2,23,24,25);1H. The molecule has 2 aliphatic rings. The lowest BCUT2D eigenvalue weighted by molar-refractivity contribution is -0.137. The van der Waals surface area contributed by atoms with Crippen molar-refractivity contribution in [3.63, 3.8) is 0 Å². The molecular weight excluding hydrogens is 509 g/mol. The van der Waals surface area contributed by atoms with Crippen LogP contribution in [0.15, 0.2) is 17.1 Å². The van der Waals surface area contributed by atoms with Crippen molar-refractivity contribution in [2.45, 2.75) is 52.0 Å². The number of thiophene rings is 1. The summed E-state index contributed by atoms with van der Waals surface area (Å²) in [6.07, 6.45) is 5.65. The minimum atomic E-state index is 0. The second-order valence-corrected chi connectivity index (χ2v) is 9.78. The molecule has 0 bridgehead atoms. The molecule has 3 rings (SSSR count). The van der Waals surface area contributed by atoms with Crippen LogP contribution in [0.2, 0.25) is 0 Å². The van der Waals surface area contributed by atoms with Crippen LogP contribution in [0.25, 0.3) is 0 Å². The van der Waals surface area contributed by atoms with E-state index in [2.05, 4.69) is 51.4 Å². The van der Waals surface area contributed by atoms with Crippen LogP contribution >= 0.6 is 35.3 Å². The number of carbonyl (C=O) groups is 1. The van der Waals surface area contributed by atoms with Gasteiger partial charge in [-0.15, -0.1) is 35.3 Å². The van der Waals surface area contributed by atoms with Crippen LogP contribution in [0, 0.1) is 12.8 Å². The molecule has 1 atom stereocenters. The van der Waals surface area contributed by atoms with Gasteiger partial charge in [-0.2, -0.15) is 0 Å². The molecule has 1 unspecified atom stereocenters. The van der Waals surface area contributed by atoms with Gasteiger partial charge in [-0.05, 0) is 38.8 Å². The van der Waals surface area contributed by atoms with Crippen LogP contribution in [0.5, 0.6) is 0 Å². The maximum absolute atomic E-state index is 12.6. The van der Waals surface area contributed by atoms with Gasteiger partial charge in [-0.3, -0.25) is 14.7 Å². The molecule has 1 saturated carbocycles. The molecule has 2 N–H and O–H groups in total. The summed E-state index contributed by atoms with van der Waals surface area (Å²) < 4.78 is 0. The van der Waals surface area contributed by atoms with Gasteiger partial charge in [0.1, 0.15) is 0 Å². The Morgan fingerprint density at radius 1 is 1.23 bits per heavy atom. The van der Waals surface area contributed by atoms with E-state index in [-0.39, 0.29) is 24.0 Å². The zero-order valence-corrected chi connectivity index (χ0v) is 21.8. The summed E-state index contributed by atoms with van der Waals surface area (Å²) >= 11 is 1.86. The number of nitrogens with one attached hydrogen (secondary N) is 2. The van der Waals surface area contributed by atoms with Gasteiger partial charge in [0.2, 0.25) is 5.91 Å². The van der Waals surface area contributed by atoms with Crippen LogP contribution < -0.4 is 10.6 Å². The zero-order valence-electron chi connectivity index (χ0n) is 18.7. The molecule has 30 heavy (non-hydrogen) atoms. The number of piperazine rings is 1. The summed E-state index contributed by atoms with van der Waals surface area (Å²) in [6, 6.07) is 4.73. The van der Waals surface area contributed by atoms with E-state index >= 15 is 0 Å². The van der Waals surface area contributed by atoms with Gasteiger partial charge in [-0.1, -0.05) is 12.8 Å². The molecular formula is C22H38IN5OS. The van der Waals surface area contributed by atoms with Gasteiger partial charge < -0.3 is 15.5 Å². The highest BCUT2D eigenvalue weighted by atomic mass is 127. The highest BCUT2D eigenvalue weighted by molar-refractivity contribution is 14.0. The second-order valence-electron chi connectivity index (χ2n) is 8.41. The quantitative estimate of drug-likeness (QED) is 0.313. The number of guanidine groups is 1. The Kier molecular flexibility index (Phi) is 10.9. The predicted octanol–water partition coefficient (Wildman–Crippen LogP) is 3.10. The molecule has 0 radical (unpaired) electrons. The van der Waals surface area contributed by atoms with Crippen molar-refractivity contribution >= 4 is 47.2 Å². The fourth-order valence-corrected chi connectivity index (χ4v) is 5.35. The number of halogens is 1. The molecule has 8 heteroatoms. The zero-order chi connectivity index (χ0) is 20.6. The Labute approximate surface area is 202 Å². The number of nitrogens with zero attached hydrogens (tertiary/aromatic N) is 3. The maximum atomic E-state index is 12.6. The van der Waals surface area contributed by atoms with Crippen molar-refractivity contribution in [2.24, 2.45) is 10.9 Å². The van der Waals surface area contributed by atoms with Crippen LogP contribution in [0.4, 0.5) is 0 Å². The number of aliphatic imine (C=N–C) groups is 1. The molecule has 170 valence electrons. The lowest BCUT2D eigenvalue weighted by atomic mass is 10.1. The van der Waals surface area contributed by atoms with Crippen molar-refractivity contribution in [3.05, 3.63) is 21.9 Å². The van der Waals surface area contributed by atoms with Gasteiger partial charge in [0.25, 0.3) is 0 Å². The molecule has 0 aromatic carbocycles. The first-order valence-corrected chi connectivity index (χ1v) is 11.9. The Hall–Kier alpha value is -0.870. The number of aryl methyl sites for hydroxylation is 1. The average molecular weight is 548 g/mol. The molecule has 1 amide bonds. The lowest BCUT2D eigenvalue weighted by Gasteiger charge is -2.36. The monoisotopic (exact) mass is 547 g/mol. The third kappa shape index (κ3) is 7.67. The van der Waals surface area contributed by atoms with Crippen molar-refractivity contribution in [3.8, 4) is 0 Å². The van der Waals surface area contributed by atoms with E-state index in [1.54, 1.807) is 0 Å². The van der Waals surface area contributed by atoms with Gasteiger partial charge in [-0.25, -0.2) is 0 Å². The minimum Gasteiger partial charge on any atom is -0.355 e. The molecule has 1 aliphatic carbocycles. The van der Waals surface area contributed by atoms with Crippen molar-refractivity contribution < 1.29 is 4.79 Å². The SMILES string of the molecule is CN=C(NCCN1CCN(C(=O)C2CCCC2)CC1)NC(C)Cc1ccc(C)s1.I. The smallest absolute Gasteiger partial charge is 0.225 e. The predicted molar refractivity (Wildman–Crippen MR) is 137 cm³/mol. The second kappa shape index (κ2) is 12.9. The van der Waals surface area contributed by atoms with Crippen LogP contribution in [0.3, 0.4) is 0 Å². The van der Waals surface area contributed by atoms with Crippen molar-refractivity contribution in [1.29, 1.82) is 0 Å². The Bertz CT molecular complexity index is 681. The molecule has 2 fully saturated rings. The number of rotatable bonds is 7. The minimum absolute atomic E-state index is 0. The highest BCUT2D eigenvalue weighted by Crippen LogP contribution is 2.26. The summed E-state index contributed by atoms with van der Waals surface area (Å²) in [4.78, 5) is 24.2. The van der Waals surface area contributed by atoms with Gasteiger partial charge in [0.05, 0.1) is 0 Å². The summed E-state index contributed by atoms with van der Waals surface area (Å²) in [6.45, 7) is 9.88. The third-order valence-corrected chi connectivity index (χ3v) is 7.04. The van der Waals surface area contributed by atoms with Crippen molar-refractivity contribution in [2.75, 3.05) is 46.3 Å². The molecule has 1 aromatic heterocycles. The first kappa shape index (κ1) is 25.4. The fourth-order valence-electron chi connectivity index (χ4n) is 4.33. The summed E-state index contributed by atoms with van der Waals surface area (Å²) in [5, 5.41) is 6.93. The first-order chi connectivity index (χ1) is 14.0. The van der Waals surface area contributed by atoms with Crippen LogP contribution in [-0.2, 0) is 11.2 Å². The van der Waals surface area contributed by atoms with E-state index in [9.17, 15) is 4.79 Å². The average Bonchev–Trinajstić information content (AvgIpc) is 3.39. The lowest BCUT2D eigenvalue weighted by Crippen LogP contribution is -2.52. The molecule has 2 heterocycles. The van der Waals surface area contributed by atoms with E-state index in [4.69, 9.17) is 0 Å². The van der Waals surface area contributed by atoms with Gasteiger partial charge >= 0.3 is 0 Å². The molecule has 1 aliphatic heterocycles. The molecule has 1 saturated heterocycles. The first-order valence-electron chi connectivity index (χ1n) is 11.1. The van der Waals surface area contributed by atoms with E-state index in [1.165, 1.54) is 22.6 Å². The number of amides is 1. The number of hydrogen-bond acceptors (Lipinski definition) is 4.